The van der Waals surface area contributed by atoms with E-state index in [1.807, 2.05) is 0 Å². The second-order valence-corrected chi connectivity index (χ2v) is 10.3. The smallest absolute Gasteiger partial charge is 0.291 e. The summed E-state index contributed by atoms with van der Waals surface area (Å²) in [5, 5.41) is 4.23. The molecule has 1 amide bonds. The van der Waals surface area contributed by atoms with E-state index in [1.54, 1.807) is 29.7 Å². The predicted molar refractivity (Wildman–Crippen MR) is 134 cm³/mol. The SMILES string of the molecule is CCN1CCN(C(c2ccc(C)cc2)c2c(NC(=O)c3ccco3)sc3c2CCCC3)CC1. The molecule has 5 rings (SSSR count). The number of carbonyl (C=O) groups is 1. The highest BCUT2D eigenvalue weighted by Crippen LogP contribution is 2.45. The van der Waals surface area contributed by atoms with E-state index in [1.165, 1.54) is 40.0 Å². The quantitative estimate of drug-likeness (QED) is 0.524. The zero-order valence-electron chi connectivity index (χ0n) is 19.6. The van der Waals surface area contributed by atoms with E-state index in [4.69, 9.17) is 4.42 Å². The first kappa shape index (κ1) is 22.4. The Kier molecular flexibility index (Phi) is 6.67. The van der Waals surface area contributed by atoms with Gasteiger partial charge in [0.25, 0.3) is 5.91 Å². The van der Waals surface area contributed by atoms with E-state index in [-0.39, 0.29) is 11.9 Å². The summed E-state index contributed by atoms with van der Waals surface area (Å²) in [6.45, 7) is 9.70. The fourth-order valence-corrected chi connectivity index (χ4v) is 6.51. The van der Waals surface area contributed by atoms with E-state index >= 15 is 0 Å². The minimum Gasteiger partial charge on any atom is -0.459 e. The molecule has 33 heavy (non-hydrogen) atoms. The molecule has 1 aliphatic heterocycles. The van der Waals surface area contributed by atoms with Crippen LogP contribution in [0.15, 0.2) is 47.1 Å². The average molecular weight is 464 g/mol. The van der Waals surface area contributed by atoms with Crippen LogP contribution in [-0.4, -0.2) is 48.4 Å². The molecule has 3 heterocycles. The van der Waals surface area contributed by atoms with E-state index < -0.39 is 0 Å². The van der Waals surface area contributed by atoms with Crippen LogP contribution < -0.4 is 5.32 Å². The van der Waals surface area contributed by atoms with Crippen LogP contribution in [0.1, 0.15) is 63.5 Å². The number of hydrogen-bond acceptors (Lipinski definition) is 5. The second-order valence-electron chi connectivity index (χ2n) is 9.17. The molecule has 0 saturated carbocycles. The molecular formula is C27H33N3O2S. The van der Waals surface area contributed by atoms with Crippen LogP contribution >= 0.6 is 11.3 Å². The molecule has 6 heteroatoms. The van der Waals surface area contributed by atoms with Crippen LogP contribution in [0.3, 0.4) is 0 Å². The Hall–Kier alpha value is -2.41. The van der Waals surface area contributed by atoms with Crippen molar-refractivity contribution in [3.63, 3.8) is 0 Å². The molecule has 3 aromatic rings. The van der Waals surface area contributed by atoms with Gasteiger partial charge < -0.3 is 14.6 Å². The summed E-state index contributed by atoms with van der Waals surface area (Å²) >= 11 is 1.77. The van der Waals surface area contributed by atoms with Crippen LogP contribution in [0, 0.1) is 6.92 Å². The molecule has 1 unspecified atom stereocenters. The number of nitrogens with one attached hydrogen (secondary N) is 1. The largest absolute Gasteiger partial charge is 0.459 e. The molecule has 2 aromatic heterocycles. The Morgan fingerprint density at radius 3 is 2.55 bits per heavy atom. The van der Waals surface area contributed by atoms with Crippen LogP contribution in [0.4, 0.5) is 5.00 Å². The number of benzene rings is 1. The molecule has 1 N–H and O–H groups in total. The van der Waals surface area contributed by atoms with Gasteiger partial charge in [-0.05, 0) is 62.4 Å². The van der Waals surface area contributed by atoms with E-state index in [9.17, 15) is 4.79 Å². The van der Waals surface area contributed by atoms with Gasteiger partial charge >= 0.3 is 0 Å². The summed E-state index contributed by atoms with van der Waals surface area (Å²) in [6, 6.07) is 12.6. The highest BCUT2D eigenvalue weighted by atomic mass is 32.1. The summed E-state index contributed by atoms with van der Waals surface area (Å²) in [6.07, 6.45) is 6.19. The van der Waals surface area contributed by atoms with Gasteiger partial charge in [-0.1, -0.05) is 36.8 Å². The molecule has 0 bridgehead atoms. The van der Waals surface area contributed by atoms with Crippen LogP contribution in [0.5, 0.6) is 0 Å². The Bertz CT molecular complexity index is 1080. The third-order valence-corrected chi connectivity index (χ3v) is 8.29. The topological polar surface area (TPSA) is 48.7 Å². The maximum absolute atomic E-state index is 13.0. The normalized spacial score (nSPS) is 18.1. The fraction of sp³-hybridized carbons (Fsp3) is 0.444. The van der Waals surface area contributed by atoms with E-state index in [0.29, 0.717) is 5.76 Å². The van der Waals surface area contributed by atoms with Crippen molar-refractivity contribution in [2.75, 3.05) is 38.0 Å². The first-order valence-electron chi connectivity index (χ1n) is 12.2. The van der Waals surface area contributed by atoms with Gasteiger partial charge in [-0.3, -0.25) is 9.69 Å². The predicted octanol–water partition coefficient (Wildman–Crippen LogP) is 5.51. The number of carbonyl (C=O) groups excluding carboxylic acids is 1. The van der Waals surface area contributed by atoms with Crippen molar-refractivity contribution in [2.24, 2.45) is 0 Å². The lowest BCUT2D eigenvalue weighted by atomic mass is 9.88. The number of rotatable bonds is 6. The number of furan rings is 1. The molecule has 2 aliphatic rings. The summed E-state index contributed by atoms with van der Waals surface area (Å²) in [5.41, 5.74) is 5.35. The van der Waals surface area contributed by atoms with Crippen LogP contribution in [-0.2, 0) is 12.8 Å². The zero-order valence-corrected chi connectivity index (χ0v) is 20.4. The lowest BCUT2D eigenvalue weighted by Gasteiger charge is -2.40. The maximum Gasteiger partial charge on any atom is 0.291 e. The molecule has 1 aromatic carbocycles. The molecule has 0 radical (unpaired) electrons. The Labute approximate surface area is 200 Å². The molecule has 1 aliphatic carbocycles. The molecule has 174 valence electrons. The number of aryl methyl sites for hydroxylation is 2. The molecule has 1 saturated heterocycles. The lowest BCUT2D eigenvalue weighted by molar-refractivity contribution is 0.0995. The molecule has 1 fully saturated rings. The van der Waals surface area contributed by atoms with Gasteiger partial charge in [0.2, 0.25) is 0 Å². The van der Waals surface area contributed by atoms with Gasteiger partial charge in [0, 0.05) is 36.6 Å². The van der Waals surface area contributed by atoms with Gasteiger partial charge in [-0.15, -0.1) is 11.3 Å². The van der Waals surface area contributed by atoms with Crippen molar-refractivity contribution in [1.82, 2.24) is 9.80 Å². The summed E-state index contributed by atoms with van der Waals surface area (Å²) in [4.78, 5) is 19.6. The number of likely N-dealkylation sites (N-methyl/N-ethyl adjacent to an activating group) is 1. The third kappa shape index (κ3) is 4.65. The van der Waals surface area contributed by atoms with Crippen LogP contribution in [0.2, 0.25) is 0 Å². The van der Waals surface area contributed by atoms with Gasteiger partial charge in [-0.25, -0.2) is 0 Å². The molecule has 0 spiro atoms. The number of thiophene rings is 1. The Balaban J connectivity index is 1.58. The van der Waals surface area contributed by atoms with Gasteiger partial charge in [0.15, 0.2) is 5.76 Å². The lowest BCUT2D eigenvalue weighted by Crippen LogP contribution is -2.47. The first-order chi connectivity index (χ1) is 16.1. The number of fused-ring (bicyclic) bond motifs is 1. The Morgan fingerprint density at radius 1 is 1.09 bits per heavy atom. The maximum atomic E-state index is 13.0. The summed E-state index contributed by atoms with van der Waals surface area (Å²) in [7, 11) is 0. The highest BCUT2D eigenvalue weighted by Gasteiger charge is 2.33. The Morgan fingerprint density at radius 2 is 1.85 bits per heavy atom. The standard InChI is InChI=1S/C27H33N3O2S/c1-3-29-14-16-30(17-15-29)25(20-12-10-19(2)11-13-20)24-21-7-4-5-9-23(21)33-27(24)28-26(31)22-8-6-18-32-22/h6,8,10-13,18,25H,3-5,7,9,14-17H2,1-2H3,(H,28,31). The van der Waals surface area contributed by atoms with Crippen molar-refractivity contribution >= 4 is 22.2 Å². The van der Waals surface area contributed by atoms with Crippen LogP contribution in [0.25, 0.3) is 0 Å². The number of nitrogens with zero attached hydrogens (tertiary/aromatic N) is 2. The first-order valence-corrected chi connectivity index (χ1v) is 13.0. The minimum atomic E-state index is -0.168. The number of anilines is 1. The molecule has 5 nitrogen and oxygen atoms in total. The van der Waals surface area contributed by atoms with Crippen molar-refractivity contribution in [3.8, 4) is 0 Å². The van der Waals surface area contributed by atoms with Crippen molar-refractivity contribution in [1.29, 1.82) is 0 Å². The third-order valence-electron chi connectivity index (χ3n) is 7.07. The van der Waals surface area contributed by atoms with Crippen molar-refractivity contribution in [3.05, 3.63) is 75.6 Å². The number of piperazine rings is 1. The van der Waals surface area contributed by atoms with Gasteiger partial charge in [0.1, 0.15) is 5.00 Å². The number of amides is 1. The fourth-order valence-electron chi connectivity index (χ4n) is 5.19. The molecular weight excluding hydrogens is 430 g/mol. The second kappa shape index (κ2) is 9.84. The number of hydrogen-bond donors (Lipinski definition) is 1. The zero-order chi connectivity index (χ0) is 22.8. The van der Waals surface area contributed by atoms with Crippen molar-refractivity contribution < 1.29 is 9.21 Å². The molecule has 1 atom stereocenters. The van der Waals surface area contributed by atoms with E-state index in [0.717, 1.165) is 50.6 Å². The van der Waals surface area contributed by atoms with E-state index in [2.05, 4.69) is 53.2 Å². The van der Waals surface area contributed by atoms with Gasteiger partial charge in [0.05, 0.1) is 12.3 Å². The van der Waals surface area contributed by atoms with Gasteiger partial charge in [-0.2, -0.15) is 0 Å². The average Bonchev–Trinajstić information content (AvgIpc) is 3.50. The highest BCUT2D eigenvalue weighted by molar-refractivity contribution is 7.16. The summed E-state index contributed by atoms with van der Waals surface area (Å²) in [5.74, 6) is 0.189. The summed E-state index contributed by atoms with van der Waals surface area (Å²) < 4.78 is 5.38. The minimum absolute atomic E-state index is 0.148. The van der Waals surface area contributed by atoms with Crippen molar-refractivity contribution in [2.45, 2.75) is 45.6 Å². The monoisotopic (exact) mass is 463 g/mol.